The molecule has 0 fully saturated rings. The highest BCUT2D eigenvalue weighted by Crippen LogP contribution is 2.02. The molecule has 0 heterocycles. The van der Waals surface area contributed by atoms with Crippen LogP contribution in [0.3, 0.4) is 0 Å². The summed E-state index contributed by atoms with van der Waals surface area (Å²) in [6.45, 7) is 3.75. The smallest absolute Gasteiger partial charge is 0.328 e. The third-order valence-corrected chi connectivity index (χ3v) is 2.19. The van der Waals surface area contributed by atoms with Crippen molar-refractivity contribution < 1.29 is 14.3 Å². The van der Waals surface area contributed by atoms with E-state index in [1.807, 2.05) is 0 Å². The Morgan fingerprint density at radius 1 is 1.27 bits per heavy atom. The van der Waals surface area contributed by atoms with Gasteiger partial charge in [0.15, 0.2) is 0 Å². The first-order valence-corrected chi connectivity index (χ1v) is 5.49. The first-order valence-electron chi connectivity index (χ1n) is 5.49. The number of esters is 1. The second-order valence-corrected chi connectivity index (χ2v) is 3.62. The summed E-state index contributed by atoms with van der Waals surface area (Å²) in [6, 6.07) is -0.548. The SMILES string of the molecule is CCCCCCC(=O)N[C@@H](C)C(=O)OC. The van der Waals surface area contributed by atoms with Crippen molar-refractivity contribution in [2.75, 3.05) is 7.11 Å². The van der Waals surface area contributed by atoms with Crippen LogP contribution < -0.4 is 5.32 Å². The second-order valence-electron chi connectivity index (χ2n) is 3.62. The number of methoxy groups -OCH3 is 1. The van der Waals surface area contributed by atoms with Gasteiger partial charge in [-0.2, -0.15) is 0 Å². The van der Waals surface area contributed by atoms with E-state index < -0.39 is 12.0 Å². The van der Waals surface area contributed by atoms with Crippen molar-refractivity contribution in [3.05, 3.63) is 0 Å². The van der Waals surface area contributed by atoms with Crippen molar-refractivity contribution in [3.8, 4) is 0 Å². The normalized spacial score (nSPS) is 11.9. The van der Waals surface area contributed by atoms with E-state index in [9.17, 15) is 9.59 Å². The molecule has 0 aromatic heterocycles. The molecule has 0 aromatic carbocycles. The van der Waals surface area contributed by atoms with Crippen LogP contribution in [0.4, 0.5) is 0 Å². The van der Waals surface area contributed by atoms with E-state index in [0.717, 1.165) is 25.7 Å². The maximum Gasteiger partial charge on any atom is 0.328 e. The standard InChI is InChI=1S/C11H21NO3/c1-4-5-6-7-8-10(13)12-9(2)11(14)15-3/h9H,4-8H2,1-3H3,(H,12,13)/t9-/m0/s1. The second kappa shape index (κ2) is 8.26. The van der Waals surface area contributed by atoms with Crippen LogP contribution in [0.2, 0.25) is 0 Å². The fourth-order valence-electron chi connectivity index (χ4n) is 1.26. The van der Waals surface area contributed by atoms with Gasteiger partial charge in [-0.1, -0.05) is 26.2 Å². The van der Waals surface area contributed by atoms with Crippen LogP contribution >= 0.6 is 0 Å². The number of hydrogen-bond donors (Lipinski definition) is 1. The average molecular weight is 215 g/mol. The van der Waals surface area contributed by atoms with Gasteiger partial charge in [-0.25, -0.2) is 4.79 Å². The van der Waals surface area contributed by atoms with Crippen molar-refractivity contribution in [1.29, 1.82) is 0 Å². The molecule has 0 aliphatic carbocycles. The Hall–Kier alpha value is -1.06. The number of carbonyl (C=O) groups is 2. The number of carbonyl (C=O) groups excluding carboxylic acids is 2. The fourth-order valence-corrected chi connectivity index (χ4v) is 1.26. The van der Waals surface area contributed by atoms with E-state index in [-0.39, 0.29) is 5.91 Å². The van der Waals surface area contributed by atoms with Gasteiger partial charge < -0.3 is 10.1 Å². The molecule has 88 valence electrons. The Labute approximate surface area is 91.4 Å². The quantitative estimate of drug-likeness (QED) is 0.519. The van der Waals surface area contributed by atoms with Crippen LogP contribution in [0.1, 0.15) is 46.0 Å². The van der Waals surface area contributed by atoms with Gasteiger partial charge in [-0.3, -0.25) is 4.79 Å². The van der Waals surface area contributed by atoms with Crippen LogP contribution in [-0.4, -0.2) is 25.0 Å². The van der Waals surface area contributed by atoms with Crippen LogP contribution in [0, 0.1) is 0 Å². The van der Waals surface area contributed by atoms with Crippen molar-refractivity contribution >= 4 is 11.9 Å². The zero-order valence-electron chi connectivity index (χ0n) is 9.84. The molecule has 0 aromatic rings. The minimum Gasteiger partial charge on any atom is -0.467 e. The van der Waals surface area contributed by atoms with Gasteiger partial charge in [0.1, 0.15) is 6.04 Å². The van der Waals surface area contributed by atoms with E-state index >= 15 is 0 Å². The van der Waals surface area contributed by atoms with Crippen molar-refractivity contribution in [1.82, 2.24) is 5.32 Å². The zero-order valence-corrected chi connectivity index (χ0v) is 9.84. The molecule has 1 N–H and O–H groups in total. The molecule has 0 aliphatic heterocycles. The number of amides is 1. The summed E-state index contributed by atoms with van der Waals surface area (Å²) >= 11 is 0. The lowest BCUT2D eigenvalue weighted by molar-refractivity contribution is -0.144. The van der Waals surface area contributed by atoms with Gasteiger partial charge in [-0.05, 0) is 13.3 Å². The summed E-state index contributed by atoms with van der Waals surface area (Å²) in [5.74, 6) is -0.485. The molecule has 4 heteroatoms. The first-order chi connectivity index (χ1) is 7.11. The molecule has 0 aliphatic rings. The van der Waals surface area contributed by atoms with Crippen LogP contribution in [0.15, 0.2) is 0 Å². The van der Waals surface area contributed by atoms with E-state index in [1.54, 1.807) is 6.92 Å². The summed E-state index contributed by atoms with van der Waals surface area (Å²) in [6.07, 6.45) is 4.74. The Kier molecular flexibility index (Phi) is 7.68. The third-order valence-electron chi connectivity index (χ3n) is 2.19. The molecule has 0 bridgehead atoms. The van der Waals surface area contributed by atoms with Gasteiger partial charge in [0.25, 0.3) is 0 Å². The summed E-state index contributed by atoms with van der Waals surface area (Å²) < 4.78 is 4.50. The topological polar surface area (TPSA) is 55.4 Å². The molecule has 0 radical (unpaired) electrons. The molecular formula is C11H21NO3. The minimum absolute atomic E-state index is 0.0796. The van der Waals surface area contributed by atoms with Crippen molar-refractivity contribution in [2.24, 2.45) is 0 Å². The maximum absolute atomic E-state index is 11.3. The van der Waals surface area contributed by atoms with Gasteiger partial charge in [0, 0.05) is 6.42 Å². The summed E-state index contributed by atoms with van der Waals surface area (Å²) in [7, 11) is 1.31. The van der Waals surface area contributed by atoms with Crippen LogP contribution in [0.5, 0.6) is 0 Å². The molecule has 0 spiro atoms. The van der Waals surface area contributed by atoms with Gasteiger partial charge in [0.2, 0.25) is 5.91 Å². The summed E-state index contributed by atoms with van der Waals surface area (Å²) in [5.41, 5.74) is 0. The lowest BCUT2D eigenvalue weighted by Gasteiger charge is -2.11. The maximum atomic E-state index is 11.3. The largest absolute Gasteiger partial charge is 0.467 e. The van der Waals surface area contributed by atoms with E-state index in [4.69, 9.17) is 0 Å². The monoisotopic (exact) mass is 215 g/mol. The fraction of sp³-hybridized carbons (Fsp3) is 0.818. The Balaban J connectivity index is 3.60. The molecule has 0 saturated heterocycles. The predicted molar refractivity (Wildman–Crippen MR) is 58.4 cm³/mol. The molecule has 15 heavy (non-hydrogen) atoms. The molecule has 1 amide bonds. The van der Waals surface area contributed by atoms with E-state index in [0.29, 0.717) is 6.42 Å². The van der Waals surface area contributed by atoms with Crippen molar-refractivity contribution in [2.45, 2.75) is 52.0 Å². The molecular weight excluding hydrogens is 194 g/mol. The van der Waals surface area contributed by atoms with E-state index in [1.165, 1.54) is 7.11 Å². The number of hydrogen-bond acceptors (Lipinski definition) is 3. The third kappa shape index (κ3) is 6.94. The lowest BCUT2D eigenvalue weighted by atomic mass is 10.1. The summed E-state index contributed by atoms with van der Waals surface area (Å²) in [4.78, 5) is 22.3. The molecule has 0 saturated carbocycles. The van der Waals surface area contributed by atoms with Crippen LogP contribution in [0.25, 0.3) is 0 Å². The molecule has 1 atom stereocenters. The van der Waals surface area contributed by atoms with E-state index in [2.05, 4.69) is 17.0 Å². The Morgan fingerprint density at radius 2 is 1.93 bits per heavy atom. The highest BCUT2D eigenvalue weighted by molar-refractivity contribution is 5.83. The highest BCUT2D eigenvalue weighted by Gasteiger charge is 2.14. The first kappa shape index (κ1) is 13.9. The lowest BCUT2D eigenvalue weighted by Crippen LogP contribution is -2.38. The highest BCUT2D eigenvalue weighted by atomic mass is 16.5. The molecule has 0 rings (SSSR count). The van der Waals surface area contributed by atoms with Gasteiger partial charge in [0.05, 0.1) is 7.11 Å². The average Bonchev–Trinajstić information content (AvgIpc) is 2.23. The number of rotatable bonds is 7. The Bertz CT molecular complexity index is 204. The predicted octanol–water partition coefficient (Wildman–Crippen LogP) is 1.63. The number of unbranched alkanes of at least 4 members (excludes halogenated alkanes) is 3. The van der Waals surface area contributed by atoms with Gasteiger partial charge >= 0.3 is 5.97 Å². The zero-order chi connectivity index (χ0) is 11.7. The summed E-state index contributed by atoms with van der Waals surface area (Å²) in [5, 5.41) is 2.59. The van der Waals surface area contributed by atoms with Crippen molar-refractivity contribution in [3.63, 3.8) is 0 Å². The number of ether oxygens (including phenoxy) is 1. The Morgan fingerprint density at radius 3 is 2.47 bits per heavy atom. The molecule has 0 unspecified atom stereocenters. The van der Waals surface area contributed by atoms with Gasteiger partial charge in [-0.15, -0.1) is 0 Å². The minimum atomic E-state index is -0.548. The number of nitrogens with one attached hydrogen (secondary N) is 1. The molecule has 4 nitrogen and oxygen atoms in total. The van der Waals surface area contributed by atoms with Crippen LogP contribution in [-0.2, 0) is 14.3 Å².